The molecule has 1 unspecified atom stereocenters. The van der Waals surface area contributed by atoms with Gasteiger partial charge in [0.05, 0.1) is 16.9 Å². The third kappa shape index (κ3) is 6.16. The monoisotopic (exact) mass is 688 g/mol. The first-order chi connectivity index (χ1) is 17.6. The molecule has 0 bridgehead atoms. The molecule has 3 aromatic rings. The van der Waals surface area contributed by atoms with Gasteiger partial charge in [0.2, 0.25) is 0 Å². The first-order valence-electron chi connectivity index (χ1n) is 10.1. The van der Waals surface area contributed by atoms with Gasteiger partial charge < -0.3 is 15.2 Å². The largest absolute Gasteiger partial charge is 0.607 e. The van der Waals surface area contributed by atoms with Crippen molar-refractivity contribution in [3.63, 3.8) is 0 Å². The zero-order valence-electron chi connectivity index (χ0n) is 18.4. The average Bonchev–Trinajstić information content (AvgIpc) is 2.85. The van der Waals surface area contributed by atoms with E-state index in [-0.39, 0.29) is 25.9 Å². The predicted octanol–water partition coefficient (Wildman–Crippen LogP) is 7.61. The molecule has 0 heterocycles. The summed E-state index contributed by atoms with van der Waals surface area (Å²) in [7, 11) is 0. The number of anilines is 2. The van der Waals surface area contributed by atoms with Gasteiger partial charge in [-0.3, -0.25) is 9.59 Å². The molecule has 0 aliphatic carbocycles. The molecule has 38 heavy (non-hydrogen) atoms. The predicted molar refractivity (Wildman–Crippen MR) is 133 cm³/mol. The van der Waals surface area contributed by atoms with E-state index >= 15 is 0 Å². The lowest BCUT2D eigenvalue weighted by atomic mass is 10.1. The Labute approximate surface area is 230 Å². The molecule has 0 fully saturated rings. The third-order valence-electron chi connectivity index (χ3n) is 4.84. The van der Waals surface area contributed by atoms with Crippen molar-refractivity contribution in [1.29, 1.82) is 0 Å². The van der Waals surface area contributed by atoms with Crippen molar-refractivity contribution in [2.24, 2.45) is 0 Å². The number of rotatable bonds is 7. The van der Waals surface area contributed by atoms with Crippen molar-refractivity contribution in [1.82, 2.24) is 0 Å². The first-order valence-corrected chi connectivity index (χ1v) is 12.8. The molecule has 3 rings (SSSR count). The number of carbonyl (C=O) groups excluding carboxylic acids is 2. The highest BCUT2D eigenvalue weighted by Gasteiger charge is 2.80. The first kappa shape index (κ1) is 29.9. The van der Waals surface area contributed by atoms with Gasteiger partial charge in [-0.25, -0.2) is 0 Å². The maximum Gasteiger partial charge on any atom is 0.486 e. The van der Waals surface area contributed by atoms with Crippen molar-refractivity contribution in [3.8, 4) is 0 Å². The summed E-state index contributed by atoms with van der Waals surface area (Å²) >= 11 is 1.68. The fraction of sp³-hybridized carbons (Fsp3) is 0.130. The lowest BCUT2D eigenvalue weighted by Gasteiger charge is -2.28. The van der Waals surface area contributed by atoms with Crippen LogP contribution in [0.25, 0.3) is 0 Å². The molecule has 0 aromatic heterocycles. The number of carbonyl (C=O) groups is 2. The van der Waals surface area contributed by atoms with Gasteiger partial charge in [-0.15, -0.1) is 8.78 Å². The summed E-state index contributed by atoms with van der Waals surface area (Å²) in [6.45, 7) is 0. The highest BCUT2D eigenvalue weighted by Crippen LogP contribution is 2.51. The van der Waals surface area contributed by atoms with E-state index in [0.29, 0.717) is 17.7 Å². The zero-order chi connectivity index (χ0) is 28.5. The Morgan fingerprint density at radius 2 is 1.26 bits per heavy atom. The fourth-order valence-electron chi connectivity index (χ4n) is 2.92. The van der Waals surface area contributed by atoms with E-state index in [4.69, 9.17) is 0 Å². The Bertz CT molecular complexity index is 1340. The number of hydrogen-bond donors (Lipinski definition) is 2. The Balaban J connectivity index is 1.81. The second kappa shape index (κ2) is 11.2. The average molecular weight is 690 g/mol. The third-order valence-corrected chi connectivity index (χ3v) is 7.48. The summed E-state index contributed by atoms with van der Waals surface area (Å²) in [5.74, 6) is -7.77. The number of alkyl halides is 7. The minimum absolute atomic E-state index is 0.0404. The zero-order valence-corrected chi connectivity index (χ0v) is 22.4. The van der Waals surface area contributed by atoms with Crippen LogP contribution in [0.5, 0.6) is 0 Å². The second-order valence-electron chi connectivity index (χ2n) is 7.47. The summed E-state index contributed by atoms with van der Waals surface area (Å²) < 4.78 is 103. The number of amides is 2. The molecule has 1 atom stereocenters. The van der Waals surface area contributed by atoms with Crippen molar-refractivity contribution in [3.05, 3.63) is 86.8 Å². The molecule has 2 amide bonds. The molecule has 2 N–H and O–H groups in total. The molecule has 0 aliphatic heterocycles. The van der Waals surface area contributed by atoms with Crippen LogP contribution in [-0.4, -0.2) is 33.7 Å². The molecule has 0 saturated carbocycles. The van der Waals surface area contributed by atoms with E-state index in [2.05, 4.69) is 42.5 Å². The van der Waals surface area contributed by atoms with Crippen molar-refractivity contribution < 1.29 is 44.9 Å². The van der Waals surface area contributed by atoms with Crippen LogP contribution < -0.4 is 10.6 Å². The molecular weight excluding hydrogens is 677 g/mol. The Morgan fingerprint density at radius 1 is 0.737 bits per heavy atom. The van der Waals surface area contributed by atoms with Crippen molar-refractivity contribution >= 4 is 66.2 Å². The van der Waals surface area contributed by atoms with Crippen LogP contribution in [0.1, 0.15) is 20.7 Å². The minimum Gasteiger partial charge on any atom is -0.607 e. The molecule has 202 valence electrons. The number of halogens is 9. The summed E-state index contributed by atoms with van der Waals surface area (Å²) in [6, 6.07) is 15.2. The van der Waals surface area contributed by atoms with Crippen LogP contribution in [-0.2, 0) is 11.2 Å². The molecule has 0 saturated heterocycles. The van der Waals surface area contributed by atoms with Gasteiger partial charge in [0.1, 0.15) is 0 Å². The van der Waals surface area contributed by atoms with Crippen molar-refractivity contribution in [2.45, 2.75) is 22.2 Å². The quantitative estimate of drug-likeness (QED) is 0.198. The van der Waals surface area contributed by atoms with Gasteiger partial charge in [0.15, 0.2) is 4.90 Å². The fourth-order valence-corrected chi connectivity index (χ4v) is 5.70. The SMILES string of the molecule is O=C(Nc1cccc(C(=O)Nc2c(Br)cc([S+]([O-])C(F)(F)C(F)(F)C(F)(F)F)cc2Br)c1)c1ccccc1. The maximum atomic E-state index is 13.9. The van der Waals surface area contributed by atoms with Crippen LogP contribution in [0.4, 0.5) is 42.1 Å². The van der Waals surface area contributed by atoms with Gasteiger partial charge in [-0.2, -0.15) is 22.0 Å². The van der Waals surface area contributed by atoms with E-state index in [1.165, 1.54) is 24.3 Å². The minimum atomic E-state index is -6.65. The van der Waals surface area contributed by atoms with Crippen LogP contribution in [0.3, 0.4) is 0 Å². The molecular formula is C23H13Br2F7N2O3S. The van der Waals surface area contributed by atoms with Gasteiger partial charge in [0, 0.05) is 37.9 Å². The van der Waals surface area contributed by atoms with Gasteiger partial charge in [-0.05, 0) is 62.2 Å². The highest BCUT2D eigenvalue weighted by atomic mass is 79.9. The van der Waals surface area contributed by atoms with E-state index in [1.807, 2.05) is 0 Å². The van der Waals surface area contributed by atoms with Crippen LogP contribution in [0.2, 0.25) is 0 Å². The lowest BCUT2D eigenvalue weighted by Crippen LogP contribution is -2.55. The van der Waals surface area contributed by atoms with Gasteiger partial charge >= 0.3 is 17.4 Å². The number of hydrogen-bond acceptors (Lipinski definition) is 3. The highest BCUT2D eigenvalue weighted by molar-refractivity contribution is 9.11. The molecule has 0 spiro atoms. The molecule has 15 heteroatoms. The maximum absolute atomic E-state index is 13.9. The Morgan fingerprint density at radius 3 is 1.82 bits per heavy atom. The second-order valence-corrected chi connectivity index (χ2v) is 10.7. The smallest absolute Gasteiger partial charge is 0.486 e. The number of benzene rings is 3. The lowest BCUT2D eigenvalue weighted by molar-refractivity contribution is -0.332. The standard InChI is InChI=1S/C23H13Br2F7N2O3S/c24-16-10-15(38(37)23(31,32)21(26,27)22(28,29)30)11-17(25)18(16)34-20(36)13-7-4-8-14(9-13)33-19(35)12-5-2-1-3-6-12/h1-11H,(H,33,35)(H,34,36). The normalized spacial score (nSPS) is 13.1. The van der Waals surface area contributed by atoms with E-state index < -0.39 is 45.2 Å². The van der Waals surface area contributed by atoms with Crippen LogP contribution >= 0.6 is 31.9 Å². The van der Waals surface area contributed by atoms with Gasteiger partial charge in [0.25, 0.3) is 11.8 Å². The number of nitrogens with one attached hydrogen (secondary N) is 2. The molecule has 0 radical (unpaired) electrons. The van der Waals surface area contributed by atoms with E-state index in [0.717, 1.165) is 0 Å². The van der Waals surface area contributed by atoms with E-state index in [9.17, 15) is 44.9 Å². The molecule has 0 aliphatic rings. The Kier molecular flexibility index (Phi) is 8.85. The van der Waals surface area contributed by atoms with Crippen molar-refractivity contribution in [2.75, 3.05) is 10.6 Å². The van der Waals surface area contributed by atoms with Crippen LogP contribution in [0, 0.1) is 0 Å². The molecule has 3 aromatic carbocycles. The summed E-state index contributed by atoms with van der Waals surface area (Å²) in [6.07, 6.45) is -6.65. The summed E-state index contributed by atoms with van der Waals surface area (Å²) in [5.41, 5.74) is 0.550. The summed E-state index contributed by atoms with van der Waals surface area (Å²) in [5, 5.41) is -0.967. The summed E-state index contributed by atoms with van der Waals surface area (Å²) in [4.78, 5) is 24.0. The van der Waals surface area contributed by atoms with Gasteiger partial charge in [-0.1, -0.05) is 24.3 Å². The van der Waals surface area contributed by atoms with E-state index in [1.54, 1.807) is 30.3 Å². The Hall–Kier alpha value is -2.62. The van der Waals surface area contributed by atoms with Crippen LogP contribution in [0.15, 0.2) is 80.6 Å². The topological polar surface area (TPSA) is 81.3 Å². The molecule has 5 nitrogen and oxygen atoms in total.